The Balaban J connectivity index is 2.20. The third kappa shape index (κ3) is 2.12. The predicted molar refractivity (Wildman–Crippen MR) is 81.0 cm³/mol. The summed E-state index contributed by atoms with van der Waals surface area (Å²) in [5, 5.41) is 0. The van der Waals surface area contributed by atoms with E-state index in [0.29, 0.717) is 11.6 Å². The van der Waals surface area contributed by atoms with Gasteiger partial charge >= 0.3 is 0 Å². The molecule has 1 aromatic heterocycles. The topological polar surface area (TPSA) is 52.0 Å². The molecule has 0 unspecified atom stereocenters. The van der Waals surface area contributed by atoms with Crippen LogP contribution in [0.3, 0.4) is 0 Å². The fourth-order valence-electron chi connectivity index (χ4n) is 2.00. The van der Waals surface area contributed by atoms with E-state index in [2.05, 4.69) is 34.8 Å². The molecule has 0 atom stereocenters. The SMILES string of the molecule is Cc1cc2nc(-c3ccc(N)cc3Br)oc2cc1C. The highest BCUT2D eigenvalue weighted by Crippen LogP contribution is 2.32. The fourth-order valence-corrected chi connectivity index (χ4v) is 2.57. The maximum Gasteiger partial charge on any atom is 0.228 e. The van der Waals surface area contributed by atoms with Crippen molar-refractivity contribution >= 4 is 32.7 Å². The quantitative estimate of drug-likeness (QED) is 0.674. The number of nitrogen functional groups attached to an aromatic ring is 1. The van der Waals surface area contributed by atoms with Crippen LogP contribution >= 0.6 is 15.9 Å². The Labute approximate surface area is 119 Å². The van der Waals surface area contributed by atoms with Crippen LogP contribution in [0, 0.1) is 13.8 Å². The first kappa shape index (κ1) is 12.2. The highest BCUT2D eigenvalue weighted by atomic mass is 79.9. The lowest BCUT2D eigenvalue weighted by Crippen LogP contribution is -1.86. The van der Waals surface area contributed by atoms with E-state index in [1.807, 2.05) is 30.3 Å². The van der Waals surface area contributed by atoms with Crippen molar-refractivity contribution in [3.05, 3.63) is 45.9 Å². The molecule has 0 aliphatic rings. The Hall–Kier alpha value is -1.81. The van der Waals surface area contributed by atoms with E-state index in [-0.39, 0.29) is 0 Å². The second kappa shape index (κ2) is 4.38. The third-order valence-corrected chi connectivity index (χ3v) is 3.88. The van der Waals surface area contributed by atoms with Crippen LogP contribution in [0.25, 0.3) is 22.6 Å². The van der Waals surface area contributed by atoms with Crippen molar-refractivity contribution < 1.29 is 4.42 Å². The molecular weight excluding hydrogens is 304 g/mol. The maximum absolute atomic E-state index is 5.83. The zero-order valence-corrected chi connectivity index (χ0v) is 12.3. The molecule has 0 radical (unpaired) electrons. The summed E-state index contributed by atoms with van der Waals surface area (Å²) >= 11 is 3.49. The summed E-state index contributed by atoms with van der Waals surface area (Å²) in [6.07, 6.45) is 0. The summed E-state index contributed by atoms with van der Waals surface area (Å²) in [5.41, 5.74) is 11.4. The van der Waals surface area contributed by atoms with Gasteiger partial charge in [-0.1, -0.05) is 0 Å². The molecular formula is C15H13BrN2O. The summed E-state index contributed by atoms with van der Waals surface area (Å²) in [7, 11) is 0. The van der Waals surface area contributed by atoms with Crippen molar-refractivity contribution in [3.8, 4) is 11.5 Å². The average Bonchev–Trinajstić information content (AvgIpc) is 2.72. The number of fused-ring (bicyclic) bond motifs is 1. The van der Waals surface area contributed by atoms with E-state index in [1.54, 1.807) is 0 Å². The number of hydrogen-bond donors (Lipinski definition) is 1. The van der Waals surface area contributed by atoms with Crippen molar-refractivity contribution in [1.82, 2.24) is 4.98 Å². The molecule has 0 bridgehead atoms. The number of rotatable bonds is 1. The van der Waals surface area contributed by atoms with Gasteiger partial charge in [0, 0.05) is 10.2 Å². The van der Waals surface area contributed by atoms with E-state index in [4.69, 9.17) is 10.2 Å². The average molecular weight is 317 g/mol. The van der Waals surface area contributed by atoms with Gasteiger partial charge in [-0.15, -0.1) is 0 Å². The number of hydrogen-bond acceptors (Lipinski definition) is 3. The second-order valence-electron chi connectivity index (χ2n) is 4.66. The van der Waals surface area contributed by atoms with Crippen LogP contribution in [0.5, 0.6) is 0 Å². The van der Waals surface area contributed by atoms with Gasteiger partial charge in [-0.3, -0.25) is 0 Å². The van der Waals surface area contributed by atoms with E-state index in [0.717, 1.165) is 21.1 Å². The number of aromatic nitrogens is 1. The zero-order valence-electron chi connectivity index (χ0n) is 10.7. The van der Waals surface area contributed by atoms with Crippen molar-refractivity contribution in [3.63, 3.8) is 0 Å². The highest BCUT2D eigenvalue weighted by Gasteiger charge is 2.12. The van der Waals surface area contributed by atoms with Gasteiger partial charge in [0.05, 0.1) is 5.56 Å². The Morgan fingerprint density at radius 2 is 1.84 bits per heavy atom. The summed E-state index contributed by atoms with van der Waals surface area (Å²) in [6.45, 7) is 4.14. The Morgan fingerprint density at radius 1 is 1.11 bits per heavy atom. The van der Waals surface area contributed by atoms with Gasteiger partial charge in [-0.05, 0) is 71.2 Å². The minimum absolute atomic E-state index is 0.604. The molecule has 3 aromatic rings. The normalized spacial score (nSPS) is 11.1. The van der Waals surface area contributed by atoms with Gasteiger partial charge in [-0.25, -0.2) is 4.98 Å². The Kier molecular flexibility index (Phi) is 2.82. The third-order valence-electron chi connectivity index (χ3n) is 3.23. The molecule has 0 saturated carbocycles. The molecule has 0 aliphatic heterocycles. The molecule has 19 heavy (non-hydrogen) atoms. The van der Waals surface area contributed by atoms with Crippen molar-refractivity contribution in [2.45, 2.75) is 13.8 Å². The Bertz CT molecular complexity index is 738. The molecule has 2 aromatic carbocycles. The van der Waals surface area contributed by atoms with Gasteiger partial charge in [-0.2, -0.15) is 0 Å². The highest BCUT2D eigenvalue weighted by molar-refractivity contribution is 9.10. The van der Waals surface area contributed by atoms with Gasteiger partial charge < -0.3 is 10.2 Å². The van der Waals surface area contributed by atoms with Gasteiger partial charge in [0.15, 0.2) is 5.58 Å². The Morgan fingerprint density at radius 3 is 2.58 bits per heavy atom. The van der Waals surface area contributed by atoms with Crippen molar-refractivity contribution in [1.29, 1.82) is 0 Å². The van der Waals surface area contributed by atoms with Crippen LogP contribution in [0.1, 0.15) is 11.1 Å². The lowest BCUT2D eigenvalue weighted by molar-refractivity contribution is 0.619. The molecule has 2 N–H and O–H groups in total. The van der Waals surface area contributed by atoms with Gasteiger partial charge in [0.1, 0.15) is 5.52 Å². The van der Waals surface area contributed by atoms with Crippen molar-refractivity contribution in [2.24, 2.45) is 0 Å². The van der Waals surface area contributed by atoms with Crippen LogP contribution in [-0.2, 0) is 0 Å². The predicted octanol–water partition coefficient (Wildman–Crippen LogP) is 4.46. The number of benzene rings is 2. The maximum atomic E-state index is 5.83. The van der Waals surface area contributed by atoms with Gasteiger partial charge in [0.25, 0.3) is 0 Å². The van der Waals surface area contributed by atoms with E-state index < -0.39 is 0 Å². The first-order valence-corrected chi connectivity index (χ1v) is 6.77. The molecule has 3 nitrogen and oxygen atoms in total. The minimum Gasteiger partial charge on any atom is -0.436 e. The lowest BCUT2D eigenvalue weighted by atomic mass is 10.1. The van der Waals surface area contributed by atoms with E-state index in [9.17, 15) is 0 Å². The fraction of sp³-hybridized carbons (Fsp3) is 0.133. The van der Waals surface area contributed by atoms with Crippen molar-refractivity contribution in [2.75, 3.05) is 5.73 Å². The number of anilines is 1. The summed E-state index contributed by atoms with van der Waals surface area (Å²) < 4.78 is 6.71. The number of oxazole rings is 1. The number of nitrogens with zero attached hydrogens (tertiary/aromatic N) is 1. The number of nitrogens with two attached hydrogens (primary N) is 1. The standard InChI is InChI=1S/C15H13BrN2O/c1-8-5-13-14(6-9(8)2)19-15(18-13)11-4-3-10(17)7-12(11)16/h3-7H,17H2,1-2H3. The largest absolute Gasteiger partial charge is 0.436 e. The molecule has 0 saturated heterocycles. The monoisotopic (exact) mass is 316 g/mol. The van der Waals surface area contributed by atoms with Gasteiger partial charge in [0.2, 0.25) is 5.89 Å². The summed E-state index contributed by atoms with van der Waals surface area (Å²) in [6, 6.07) is 9.66. The summed E-state index contributed by atoms with van der Waals surface area (Å²) in [5.74, 6) is 0.604. The van der Waals surface area contributed by atoms with Crippen LogP contribution in [-0.4, -0.2) is 4.98 Å². The number of aryl methyl sites for hydroxylation is 2. The molecule has 4 heteroatoms. The zero-order chi connectivity index (χ0) is 13.6. The molecule has 3 rings (SSSR count). The van der Waals surface area contributed by atoms with Crippen LogP contribution in [0.4, 0.5) is 5.69 Å². The van der Waals surface area contributed by atoms with Crippen LogP contribution in [0.2, 0.25) is 0 Å². The van der Waals surface area contributed by atoms with E-state index in [1.165, 1.54) is 11.1 Å². The molecule has 0 amide bonds. The van der Waals surface area contributed by atoms with E-state index >= 15 is 0 Å². The van der Waals surface area contributed by atoms with Crippen LogP contribution in [0.15, 0.2) is 39.2 Å². The minimum atomic E-state index is 0.604. The first-order valence-electron chi connectivity index (χ1n) is 5.98. The molecule has 96 valence electrons. The summed E-state index contributed by atoms with van der Waals surface area (Å²) in [4.78, 5) is 4.54. The molecule has 0 spiro atoms. The molecule has 1 heterocycles. The molecule has 0 fully saturated rings. The smallest absolute Gasteiger partial charge is 0.228 e. The van der Waals surface area contributed by atoms with Crippen LogP contribution < -0.4 is 5.73 Å². The second-order valence-corrected chi connectivity index (χ2v) is 5.52. The number of halogens is 1. The first-order chi connectivity index (χ1) is 9.04. The molecule has 0 aliphatic carbocycles. The lowest BCUT2D eigenvalue weighted by Gasteiger charge is -2.00.